The van der Waals surface area contributed by atoms with Crippen molar-refractivity contribution in [2.45, 2.75) is 55.9 Å². The number of carbonyl (C=O) groups is 2. The van der Waals surface area contributed by atoms with Gasteiger partial charge in [-0.15, -0.1) is 0 Å². The Hall–Kier alpha value is -2.78. The summed E-state index contributed by atoms with van der Waals surface area (Å²) in [6, 6.07) is 3.02. The normalized spacial score (nSPS) is 36.8. The third-order valence-corrected chi connectivity index (χ3v) is 8.91. The highest BCUT2D eigenvalue weighted by atomic mass is 16.6. The van der Waals surface area contributed by atoms with Gasteiger partial charge >= 0.3 is 11.9 Å². The Morgan fingerprint density at radius 3 is 2.43 bits per heavy atom. The fourth-order valence-electron chi connectivity index (χ4n) is 7.88. The molecule has 4 aliphatic rings. The molecule has 0 amide bonds. The summed E-state index contributed by atoms with van der Waals surface area (Å²) in [5.74, 6) is -0.213. The van der Waals surface area contributed by atoms with E-state index in [0.29, 0.717) is 24.3 Å². The minimum atomic E-state index is -2.13. The van der Waals surface area contributed by atoms with Crippen LogP contribution in [-0.2, 0) is 24.5 Å². The Morgan fingerprint density at radius 2 is 1.83 bits per heavy atom. The number of methoxy groups -OCH3 is 3. The van der Waals surface area contributed by atoms with Crippen molar-refractivity contribution in [2.75, 3.05) is 46.4 Å². The van der Waals surface area contributed by atoms with Crippen LogP contribution in [-0.4, -0.2) is 87.2 Å². The highest BCUT2D eigenvalue weighted by Crippen LogP contribution is 2.67. The molecule has 190 valence electrons. The van der Waals surface area contributed by atoms with Crippen molar-refractivity contribution in [3.8, 4) is 11.5 Å². The second-order valence-corrected chi connectivity index (χ2v) is 10.1. The molecule has 6 atom stereocenters. The number of fused-ring (bicyclic) bond motifs is 1. The van der Waals surface area contributed by atoms with Gasteiger partial charge in [0.25, 0.3) is 0 Å². The number of nitrogens with zero attached hydrogens (tertiary/aromatic N) is 2. The van der Waals surface area contributed by atoms with Crippen LogP contribution in [0.3, 0.4) is 0 Å². The van der Waals surface area contributed by atoms with Crippen LogP contribution in [0.5, 0.6) is 11.5 Å². The first-order chi connectivity index (χ1) is 16.7. The lowest BCUT2D eigenvalue weighted by Crippen LogP contribution is -2.81. The number of carbonyl (C=O) groups excluding carboxylic acids is 2. The lowest BCUT2D eigenvalue weighted by Gasteiger charge is -2.63. The van der Waals surface area contributed by atoms with Gasteiger partial charge in [-0.3, -0.25) is 9.69 Å². The Bertz CT molecular complexity index is 1110. The summed E-state index contributed by atoms with van der Waals surface area (Å²) in [6.45, 7) is 4.85. The summed E-state index contributed by atoms with van der Waals surface area (Å²) in [5.41, 5.74) is -1.75. The van der Waals surface area contributed by atoms with Gasteiger partial charge in [-0.05, 0) is 31.0 Å². The Balaban J connectivity index is 1.88. The van der Waals surface area contributed by atoms with E-state index >= 15 is 0 Å². The van der Waals surface area contributed by atoms with Crippen molar-refractivity contribution in [2.24, 2.45) is 5.41 Å². The van der Waals surface area contributed by atoms with Crippen molar-refractivity contribution in [1.82, 2.24) is 4.90 Å². The van der Waals surface area contributed by atoms with E-state index in [0.717, 1.165) is 24.3 Å². The van der Waals surface area contributed by atoms with Crippen molar-refractivity contribution < 1.29 is 33.6 Å². The summed E-state index contributed by atoms with van der Waals surface area (Å²) >= 11 is 0. The molecule has 0 unspecified atom stereocenters. The summed E-state index contributed by atoms with van der Waals surface area (Å²) in [6.07, 6.45) is 4.25. The Kier molecular flexibility index (Phi) is 5.38. The highest BCUT2D eigenvalue weighted by Gasteiger charge is 2.80. The maximum absolute atomic E-state index is 13.6. The molecule has 0 aromatic heterocycles. The van der Waals surface area contributed by atoms with E-state index in [1.807, 2.05) is 31.0 Å². The van der Waals surface area contributed by atoms with E-state index < -0.39 is 40.5 Å². The molecule has 1 saturated heterocycles. The smallest absolute Gasteiger partial charge is 0.344 e. The first-order valence-electron chi connectivity index (χ1n) is 12.1. The van der Waals surface area contributed by atoms with Gasteiger partial charge in [0.1, 0.15) is 0 Å². The van der Waals surface area contributed by atoms with Crippen LogP contribution in [0.25, 0.3) is 0 Å². The van der Waals surface area contributed by atoms with Gasteiger partial charge in [0.2, 0.25) is 5.60 Å². The molecule has 0 bridgehead atoms. The largest absolute Gasteiger partial charge is 0.493 e. The second kappa shape index (κ2) is 7.86. The Labute approximate surface area is 205 Å². The quantitative estimate of drug-likeness (QED) is 0.492. The first-order valence-corrected chi connectivity index (χ1v) is 12.1. The molecule has 0 radical (unpaired) electrons. The van der Waals surface area contributed by atoms with Crippen molar-refractivity contribution in [3.05, 3.63) is 29.8 Å². The summed E-state index contributed by atoms with van der Waals surface area (Å²) in [4.78, 5) is 30.3. The maximum atomic E-state index is 13.6. The number of anilines is 1. The highest BCUT2D eigenvalue weighted by molar-refractivity contribution is 5.87. The summed E-state index contributed by atoms with van der Waals surface area (Å²) in [5, 5.41) is 12.6. The van der Waals surface area contributed by atoms with E-state index in [1.165, 1.54) is 14.0 Å². The van der Waals surface area contributed by atoms with Crippen LogP contribution in [0.1, 0.15) is 32.3 Å². The van der Waals surface area contributed by atoms with Crippen LogP contribution >= 0.6 is 0 Å². The molecule has 3 aliphatic heterocycles. The van der Waals surface area contributed by atoms with E-state index in [-0.39, 0.29) is 6.04 Å². The van der Waals surface area contributed by atoms with Crippen LogP contribution < -0.4 is 14.4 Å². The standard InChI is InChI=1S/C26H34N2O7/c1-7-24-9-8-11-28-12-10-25(20(24)28)16-13-18(32-4)19(33-5)14-17(16)27(3)21(25)26(31,23(30)34-6)22(24)35-15(2)29/h8-9,13-14,20-22,31H,7,10-12H2,1-6H3/t20-,21+,22+,24+,25+,26-/m0/s1. The van der Waals surface area contributed by atoms with Crippen LogP contribution in [0.4, 0.5) is 5.69 Å². The topological polar surface area (TPSA) is 97.8 Å². The number of benzene rings is 1. The molecule has 9 heteroatoms. The molecule has 1 aromatic rings. The monoisotopic (exact) mass is 486 g/mol. The molecule has 1 aromatic carbocycles. The van der Waals surface area contributed by atoms with Gasteiger partial charge in [-0.2, -0.15) is 0 Å². The second-order valence-electron chi connectivity index (χ2n) is 10.1. The number of rotatable bonds is 5. The van der Waals surface area contributed by atoms with Gasteiger partial charge in [0, 0.05) is 49.1 Å². The van der Waals surface area contributed by atoms with Gasteiger partial charge in [-0.1, -0.05) is 19.1 Å². The number of esters is 2. The first kappa shape index (κ1) is 23.9. The lowest BCUT2D eigenvalue weighted by molar-refractivity contribution is -0.228. The van der Waals surface area contributed by atoms with E-state index in [1.54, 1.807) is 14.2 Å². The minimum Gasteiger partial charge on any atom is -0.493 e. The molecule has 1 spiro atoms. The average Bonchev–Trinajstić information content (AvgIpc) is 3.36. The number of hydrogen-bond donors (Lipinski definition) is 1. The maximum Gasteiger partial charge on any atom is 0.344 e. The number of hydrogen-bond acceptors (Lipinski definition) is 9. The zero-order valence-electron chi connectivity index (χ0n) is 21.2. The zero-order valence-corrected chi connectivity index (χ0v) is 21.2. The molecule has 35 heavy (non-hydrogen) atoms. The number of likely N-dealkylation sites (N-methyl/N-ethyl adjacent to an activating group) is 1. The SMILES string of the molecule is CC[C@]12C=CCN3CC[C@@]4(c5cc(OC)c(OC)cc5N(C)[C@H]4[C@@](O)(C(=O)OC)[C@@H]1OC(C)=O)[C@@H]32. The molecule has 5 rings (SSSR count). The summed E-state index contributed by atoms with van der Waals surface area (Å²) < 4.78 is 22.4. The molecule has 1 N–H and O–H groups in total. The van der Waals surface area contributed by atoms with Crippen LogP contribution in [0, 0.1) is 5.41 Å². The van der Waals surface area contributed by atoms with Crippen molar-refractivity contribution >= 4 is 17.6 Å². The molecule has 2 fully saturated rings. The Morgan fingerprint density at radius 1 is 1.14 bits per heavy atom. The van der Waals surface area contributed by atoms with Crippen LogP contribution in [0.2, 0.25) is 0 Å². The van der Waals surface area contributed by atoms with E-state index in [9.17, 15) is 14.7 Å². The average molecular weight is 487 g/mol. The van der Waals surface area contributed by atoms with Crippen LogP contribution in [0.15, 0.2) is 24.3 Å². The summed E-state index contributed by atoms with van der Waals surface area (Å²) in [7, 11) is 6.30. The molecular weight excluding hydrogens is 452 g/mol. The molecular formula is C26H34N2O7. The fraction of sp³-hybridized carbons (Fsp3) is 0.615. The zero-order chi connectivity index (χ0) is 25.3. The molecule has 9 nitrogen and oxygen atoms in total. The van der Waals surface area contributed by atoms with Crippen molar-refractivity contribution in [1.29, 1.82) is 0 Å². The van der Waals surface area contributed by atoms with E-state index in [2.05, 4.69) is 17.1 Å². The number of ether oxygens (including phenoxy) is 4. The van der Waals surface area contributed by atoms with Gasteiger partial charge in [0.15, 0.2) is 17.6 Å². The third-order valence-electron chi connectivity index (χ3n) is 8.91. The van der Waals surface area contributed by atoms with Gasteiger partial charge in [0.05, 0.1) is 27.4 Å². The van der Waals surface area contributed by atoms with Crippen molar-refractivity contribution in [3.63, 3.8) is 0 Å². The molecule has 3 heterocycles. The predicted molar refractivity (Wildman–Crippen MR) is 128 cm³/mol. The fourth-order valence-corrected chi connectivity index (χ4v) is 7.88. The lowest BCUT2D eigenvalue weighted by atomic mass is 9.47. The number of aliphatic hydroxyl groups is 1. The third kappa shape index (κ3) is 2.71. The van der Waals surface area contributed by atoms with Gasteiger partial charge in [-0.25, -0.2) is 4.79 Å². The molecule has 1 saturated carbocycles. The van der Waals surface area contributed by atoms with Gasteiger partial charge < -0.3 is 29.0 Å². The minimum absolute atomic E-state index is 0.119. The molecule has 1 aliphatic carbocycles. The predicted octanol–water partition coefficient (Wildman–Crippen LogP) is 1.65. The van der Waals surface area contributed by atoms with E-state index in [4.69, 9.17) is 18.9 Å².